The van der Waals surface area contributed by atoms with E-state index in [1.54, 1.807) is 6.07 Å². The van der Waals surface area contributed by atoms with E-state index in [0.29, 0.717) is 24.0 Å². The molecule has 26 heavy (non-hydrogen) atoms. The highest BCUT2D eigenvalue weighted by Crippen LogP contribution is 2.47. The van der Waals surface area contributed by atoms with Crippen LogP contribution in [0.1, 0.15) is 57.1 Å². The number of hydrogen-bond donors (Lipinski definition) is 4. The molecule has 6 heteroatoms. The van der Waals surface area contributed by atoms with Crippen molar-refractivity contribution in [3.8, 4) is 17.0 Å². The molecule has 0 saturated heterocycles. The van der Waals surface area contributed by atoms with Gasteiger partial charge in [-0.25, -0.2) is 9.97 Å². The number of phenolic OH excluding ortho intramolecular Hbond substituents is 1. The van der Waals surface area contributed by atoms with Crippen LogP contribution >= 0.6 is 0 Å². The average Bonchev–Trinajstić information content (AvgIpc) is 2.59. The molecule has 1 heterocycles. The van der Waals surface area contributed by atoms with Crippen molar-refractivity contribution in [1.82, 2.24) is 9.97 Å². The van der Waals surface area contributed by atoms with E-state index < -0.39 is 0 Å². The van der Waals surface area contributed by atoms with Crippen molar-refractivity contribution in [2.75, 3.05) is 11.5 Å². The minimum atomic E-state index is -0.213. The summed E-state index contributed by atoms with van der Waals surface area (Å²) in [7, 11) is 0. The summed E-state index contributed by atoms with van der Waals surface area (Å²) >= 11 is 0. The molecule has 2 aromatic rings. The second-order valence-corrected chi connectivity index (χ2v) is 7.97. The van der Waals surface area contributed by atoms with Gasteiger partial charge in [0, 0.05) is 17.2 Å². The first kappa shape index (κ1) is 18.5. The van der Waals surface area contributed by atoms with Gasteiger partial charge in [0.1, 0.15) is 17.9 Å². The summed E-state index contributed by atoms with van der Waals surface area (Å²) in [5, 5.41) is 9.77. The Morgan fingerprint density at radius 3 is 2.38 bits per heavy atom. The number of nitrogen functional groups attached to an aromatic ring is 2. The lowest BCUT2D eigenvalue weighted by atomic mass is 9.71. The maximum Gasteiger partial charge on any atom is 0.138 e. The van der Waals surface area contributed by atoms with Crippen LogP contribution in [0.4, 0.5) is 11.5 Å². The molecule has 6 nitrogen and oxygen atoms in total. The first-order chi connectivity index (χ1) is 12.3. The summed E-state index contributed by atoms with van der Waals surface area (Å²) < 4.78 is 0. The number of nitrogens with two attached hydrogens (primary N) is 3. The molecular weight excluding hydrogens is 326 g/mol. The zero-order valence-corrected chi connectivity index (χ0v) is 15.6. The fourth-order valence-electron chi connectivity index (χ4n) is 4.00. The van der Waals surface area contributed by atoms with Crippen LogP contribution in [0.15, 0.2) is 18.5 Å². The van der Waals surface area contributed by atoms with Gasteiger partial charge in [0.25, 0.3) is 0 Å². The molecule has 1 saturated carbocycles. The fraction of sp³-hybridized carbons (Fsp3) is 0.500. The van der Waals surface area contributed by atoms with Crippen molar-refractivity contribution in [3.63, 3.8) is 0 Å². The normalized spacial score (nSPS) is 18.3. The Kier molecular flexibility index (Phi) is 5.05. The summed E-state index contributed by atoms with van der Waals surface area (Å²) in [4.78, 5) is 8.45. The highest BCUT2D eigenvalue weighted by molar-refractivity contribution is 5.81. The third kappa shape index (κ3) is 3.46. The van der Waals surface area contributed by atoms with Crippen molar-refractivity contribution in [1.29, 1.82) is 0 Å². The predicted molar refractivity (Wildman–Crippen MR) is 106 cm³/mol. The maximum absolute atomic E-state index is 9.77. The Balaban J connectivity index is 0.000000236. The Morgan fingerprint density at radius 2 is 1.77 bits per heavy atom. The Morgan fingerprint density at radius 1 is 1.08 bits per heavy atom. The van der Waals surface area contributed by atoms with Crippen LogP contribution in [0.25, 0.3) is 11.3 Å². The van der Waals surface area contributed by atoms with Crippen LogP contribution in [-0.2, 0) is 11.8 Å². The van der Waals surface area contributed by atoms with E-state index in [1.807, 2.05) is 6.07 Å². The van der Waals surface area contributed by atoms with Gasteiger partial charge in [-0.05, 0) is 42.4 Å². The van der Waals surface area contributed by atoms with Crippen LogP contribution in [0, 0.1) is 0 Å². The quantitative estimate of drug-likeness (QED) is 0.425. The molecule has 0 bridgehead atoms. The summed E-state index contributed by atoms with van der Waals surface area (Å²) in [5.41, 5.74) is 21.5. The van der Waals surface area contributed by atoms with Gasteiger partial charge in [-0.3, -0.25) is 0 Å². The van der Waals surface area contributed by atoms with Crippen molar-refractivity contribution in [2.45, 2.75) is 63.8 Å². The zero-order valence-electron chi connectivity index (χ0n) is 15.6. The SMILES string of the molecule is CC1(C)Cc2c(ccc(O)c2N)-c2ncnc(N)c21.NC1CCCCC1. The Hall–Kier alpha value is -2.34. The number of phenols is 1. The van der Waals surface area contributed by atoms with Gasteiger partial charge in [-0.1, -0.05) is 33.1 Å². The number of fused-ring (bicyclic) bond motifs is 3. The molecule has 0 aliphatic heterocycles. The van der Waals surface area contributed by atoms with Crippen LogP contribution in [0.5, 0.6) is 5.75 Å². The second-order valence-electron chi connectivity index (χ2n) is 7.97. The Bertz CT molecular complexity index is 797. The highest BCUT2D eigenvalue weighted by atomic mass is 16.3. The maximum atomic E-state index is 9.77. The highest BCUT2D eigenvalue weighted by Gasteiger charge is 2.35. The molecule has 0 amide bonds. The lowest BCUT2D eigenvalue weighted by Gasteiger charge is -2.34. The van der Waals surface area contributed by atoms with E-state index in [2.05, 4.69) is 23.8 Å². The van der Waals surface area contributed by atoms with Crippen molar-refractivity contribution >= 4 is 11.5 Å². The smallest absolute Gasteiger partial charge is 0.138 e. The standard InChI is InChI=1S/C14H16N4O.C6H13N/c1-14(2)5-8-7(3-4-9(19)11(8)15)12-10(14)13(16)18-6-17-12;7-6-4-2-1-3-5-6/h3-4,6,19H,5,15H2,1-2H3,(H2,16,17,18);6H,1-5,7H2. The molecule has 0 unspecified atom stereocenters. The molecule has 0 atom stereocenters. The van der Waals surface area contributed by atoms with Gasteiger partial charge in [-0.2, -0.15) is 0 Å². The largest absolute Gasteiger partial charge is 0.506 e. The van der Waals surface area contributed by atoms with Gasteiger partial charge in [0.05, 0.1) is 11.4 Å². The van der Waals surface area contributed by atoms with Crippen molar-refractivity contribution in [3.05, 3.63) is 29.6 Å². The second kappa shape index (κ2) is 7.11. The van der Waals surface area contributed by atoms with Gasteiger partial charge in [-0.15, -0.1) is 0 Å². The molecule has 1 aromatic carbocycles. The van der Waals surface area contributed by atoms with Crippen molar-refractivity contribution in [2.24, 2.45) is 5.73 Å². The molecule has 2 aliphatic carbocycles. The molecule has 2 aliphatic rings. The minimum Gasteiger partial charge on any atom is -0.506 e. The fourth-order valence-corrected chi connectivity index (χ4v) is 4.00. The Labute approximate surface area is 154 Å². The third-order valence-electron chi connectivity index (χ3n) is 5.41. The van der Waals surface area contributed by atoms with Gasteiger partial charge in [0.15, 0.2) is 0 Å². The van der Waals surface area contributed by atoms with Crippen molar-refractivity contribution < 1.29 is 5.11 Å². The molecule has 1 fully saturated rings. The average molecular weight is 355 g/mol. The molecule has 4 rings (SSSR count). The number of benzene rings is 1. The first-order valence-corrected chi connectivity index (χ1v) is 9.28. The molecule has 0 spiro atoms. The van der Waals surface area contributed by atoms with E-state index in [1.165, 1.54) is 38.4 Å². The number of aromatic nitrogens is 2. The van der Waals surface area contributed by atoms with Gasteiger partial charge in [0.2, 0.25) is 0 Å². The molecular formula is C20H29N5O. The minimum absolute atomic E-state index is 0.111. The molecule has 140 valence electrons. The van der Waals surface area contributed by atoms with Crippen LogP contribution in [0.3, 0.4) is 0 Å². The van der Waals surface area contributed by atoms with Gasteiger partial charge < -0.3 is 22.3 Å². The zero-order chi connectivity index (χ0) is 18.9. The van der Waals surface area contributed by atoms with E-state index in [9.17, 15) is 5.11 Å². The lowest BCUT2D eigenvalue weighted by Crippen LogP contribution is -2.28. The lowest BCUT2D eigenvalue weighted by molar-refractivity contribution is 0.441. The molecule has 7 N–H and O–H groups in total. The number of aromatic hydroxyl groups is 1. The number of hydrogen-bond acceptors (Lipinski definition) is 6. The predicted octanol–water partition coefficient (Wildman–Crippen LogP) is 3.13. The summed E-state index contributed by atoms with van der Waals surface area (Å²) in [6, 6.07) is 3.96. The van der Waals surface area contributed by atoms with Crippen LogP contribution in [-0.4, -0.2) is 21.1 Å². The topological polar surface area (TPSA) is 124 Å². The molecule has 1 aromatic heterocycles. The van der Waals surface area contributed by atoms with E-state index >= 15 is 0 Å². The van der Waals surface area contributed by atoms with E-state index in [4.69, 9.17) is 17.2 Å². The van der Waals surface area contributed by atoms with E-state index in [-0.39, 0.29) is 11.2 Å². The van der Waals surface area contributed by atoms with Crippen LogP contribution in [0.2, 0.25) is 0 Å². The number of rotatable bonds is 0. The third-order valence-corrected chi connectivity index (χ3v) is 5.41. The van der Waals surface area contributed by atoms with Gasteiger partial charge >= 0.3 is 0 Å². The van der Waals surface area contributed by atoms with E-state index in [0.717, 1.165) is 22.4 Å². The summed E-state index contributed by atoms with van der Waals surface area (Å²) in [6.45, 7) is 4.16. The first-order valence-electron chi connectivity index (χ1n) is 9.28. The number of anilines is 2. The monoisotopic (exact) mass is 355 g/mol. The number of nitrogens with zero attached hydrogens (tertiary/aromatic N) is 2. The summed E-state index contributed by atoms with van der Waals surface area (Å²) in [5.74, 6) is 0.618. The molecule has 0 radical (unpaired) electrons. The summed E-state index contributed by atoms with van der Waals surface area (Å²) in [6.07, 6.45) is 8.82. The van der Waals surface area contributed by atoms with Crippen LogP contribution < -0.4 is 17.2 Å².